The van der Waals surface area contributed by atoms with Crippen molar-refractivity contribution in [2.75, 3.05) is 0 Å². The van der Waals surface area contributed by atoms with E-state index in [1.807, 2.05) is 66.7 Å². The van der Waals surface area contributed by atoms with Crippen molar-refractivity contribution < 1.29 is 4.79 Å². The SMILES string of the molecule is C=CC(CC(=O)NCc1ccccc1)c1ccccc1. The van der Waals surface area contributed by atoms with Crippen LogP contribution in [0.4, 0.5) is 0 Å². The lowest BCUT2D eigenvalue weighted by atomic mass is 9.95. The average molecular weight is 265 g/mol. The summed E-state index contributed by atoms with van der Waals surface area (Å²) in [7, 11) is 0. The fraction of sp³-hybridized carbons (Fsp3) is 0.167. The molecule has 1 N–H and O–H groups in total. The zero-order valence-corrected chi connectivity index (χ0v) is 11.5. The van der Waals surface area contributed by atoms with Gasteiger partial charge in [0.25, 0.3) is 0 Å². The Balaban J connectivity index is 1.88. The topological polar surface area (TPSA) is 29.1 Å². The zero-order valence-electron chi connectivity index (χ0n) is 11.5. The van der Waals surface area contributed by atoms with Crippen molar-refractivity contribution >= 4 is 5.91 Å². The first-order valence-electron chi connectivity index (χ1n) is 6.77. The highest BCUT2D eigenvalue weighted by Gasteiger charge is 2.12. The molecule has 0 fully saturated rings. The predicted octanol–water partition coefficient (Wildman–Crippen LogP) is 3.66. The van der Waals surface area contributed by atoms with Crippen molar-refractivity contribution in [2.45, 2.75) is 18.9 Å². The molecule has 1 unspecified atom stereocenters. The molecule has 0 aliphatic carbocycles. The van der Waals surface area contributed by atoms with Crippen LogP contribution in [0.25, 0.3) is 0 Å². The largest absolute Gasteiger partial charge is 0.352 e. The van der Waals surface area contributed by atoms with E-state index in [1.54, 1.807) is 0 Å². The van der Waals surface area contributed by atoms with Gasteiger partial charge in [-0.15, -0.1) is 6.58 Å². The Morgan fingerprint density at radius 3 is 2.25 bits per heavy atom. The maximum atomic E-state index is 12.0. The second kappa shape index (κ2) is 7.29. The van der Waals surface area contributed by atoms with Gasteiger partial charge in [-0.2, -0.15) is 0 Å². The van der Waals surface area contributed by atoms with Gasteiger partial charge in [0.15, 0.2) is 0 Å². The summed E-state index contributed by atoms with van der Waals surface area (Å²) in [5.41, 5.74) is 2.23. The molecule has 2 heteroatoms. The minimum Gasteiger partial charge on any atom is -0.352 e. The average Bonchev–Trinajstić information content (AvgIpc) is 2.52. The van der Waals surface area contributed by atoms with Gasteiger partial charge in [-0.3, -0.25) is 4.79 Å². The van der Waals surface area contributed by atoms with Gasteiger partial charge in [0.1, 0.15) is 0 Å². The van der Waals surface area contributed by atoms with E-state index in [4.69, 9.17) is 0 Å². The number of nitrogens with one attached hydrogen (secondary N) is 1. The number of carbonyl (C=O) groups is 1. The number of rotatable bonds is 6. The monoisotopic (exact) mass is 265 g/mol. The maximum absolute atomic E-state index is 12.0. The molecular weight excluding hydrogens is 246 g/mol. The molecular formula is C18H19NO. The number of benzene rings is 2. The van der Waals surface area contributed by atoms with E-state index in [0.717, 1.165) is 11.1 Å². The van der Waals surface area contributed by atoms with E-state index in [2.05, 4.69) is 11.9 Å². The summed E-state index contributed by atoms with van der Waals surface area (Å²) in [5, 5.41) is 2.95. The number of carbonyl (C=O) groups excluding carboxylic acids is 1. The molecule has 2 nitrogen and oxygen atoms in total. The molecule has 1 atom stereocenters. The quantitative estimate of drug-likeness (QED) is 0.793. The van der Waals surface area contributed by atoms with Gasteiger partial charge >= 0.3 is 0 Å². The molecule has 0 saturated carbocycles. The van der Waals surface area contributed by atoms with Crippen molar-refractivity contribution in [2.24, 2.45) is 0 Å². The van der Waals surface area contributed by atoms with Crippen molar-refractivity contribution in [3.05, 3.63) is 84.4 Å². The van der Waals surface area contributed by atoms with Crippen molar-refractivity contribution in [1.29, 1.82) is 0 Å². The van der Waals surface area contributed by atoms with Gasteiger partial charge in [0.05, 0.1) is 0 Å². The van der Waals surface area contributed by atoms with Gasteiger partial charge in [-0.1, -0.05) is 66.7 Å². The van der Waals surface area contributed by atoms with Gasteiger partial charge in [0, 0.05) is 18.9 Å². The highest BCUT2D eigenvalue weighted by atomic mass is 16.1. The number of allylic oxidation sites excluding steroid dienone is 1. The Morgan fingerprint density at radius 2 is 1.65 bits per heavy atom. The minimum absolute atomic E-state index is 0.0441. The Bertz CT molecular complexity index is 548. The van der Waals surface area contributed by atoms with E-state index in [1.165, 1.54) is 0 Å². The first-order chi connectivity index (χ1) is 9.79. The van der Waals surface area contributed by atoms with Crippen molar-refractivity contribution in [3.63, 3.8) is 0 Å². The highest BCUT2D eigenvalue weighted by Crippen LogP contribution is 2.20. The van der Waals surface area contributed by atoms with Crippen LogP contribution in [0.5, 0.6) is 0 Å². The summed E-state index contributed by atoms with van der Waals surface area (Å²) in [4.78, 5) is 12.0. The van der Waals surface area contributed by atoms with Crippen LogP contribution in [0, 0.1) is 0 Å². The first kappa shape index (κ1) is 14.1. The third kappa shape index (κ3) is 4.09. The molecule has 0 aliphatic rings. The first-order valence-corrected chi connectivity index (χ1v) is 6.77. The lowest BCUT2D eigenvalue weighted by Gasteiger charge is -2.13. The lowest BCUT2D eigenvalue weighted by Crippen LogP contribution is -2.24. The van der Waals surface area contributed by atoms with Crippen LogP contribution in [0.15, 0.2) is 73.3 Å². The second-order valence-electron chi connectivity index (χ2n) is 4.72. The molecule has 2 rings (SSSR count). The third-order valence-corrected chi connectivity index (χ3v) is 3.25. The summed E-state index contributed by atoms with van der Waals surface area (Å²) in [5.74, 6) is 0.106. The molecule has 0 aliphatic heterocycles. The summed E-state index contributed by atoms with van der Waals surface area (Å²) in [6.45, 7) is 4.40. The van der Waals surface area contributed by atoms with E-state index >= 15 is 0 Å². The minimum atomic E-state index is 0.0441. The summed E-state index contributed by atoms with van der Waals surface area (Å²) in [6, 6.07) is 19.9. The zero-order chi connectivity index (χ0) is 14.2. The van der Waals surface area contributed by atoms with Gasteiger partial charge < -0.3 is 5.32 Å². The van der Waals surface area contributed by atoms with Crippen LogP contribution in [0.3, 0.4) is 0 Å². The van der Waals surface area contributed by atoms with Crippen LogP contribution in [-0.2, 0) is 11.3 Å². The number of hydrogen-bond donors (Lipinski definition) is 1. The molecule has 0 spiro atoms. The smallest absolute Gasteiger partial charge is 0.221 e. The Kier molecular flexibility index (Phi) is 5.13. The fourth-order valence-corrected chi connectivity index (χ4v) is 2.11. The molecule has 2 aromatic carbocycles. The molecule has 0 heterocycles. The molecule has 0 saturated heterocycles. The summed E-state index contributed by atoms with van der Waals surface area (Å²) < 4.78 is 0. The lowest BCUT2D eigenvalue weighted by molar-refractivity contribution is -0.121. The van der Waals surface area contributed by atoms with Crippen molar-refractivity contribution in [3.8, 4) is 0 Å². The van der Waals surface area contributed by atoms with Gasteiger partial charge in [-0.05, 0) is 11.1 Å². The highest BCUT2D eigenvalue weighted by molar-refractivity contribution is 5.77. The van der Waals surface area contributed by atoms with Crippen LogP contribution in [0.1, 0.15) is 23.5 Å². The number of hydrogen-bond acceptors (Lipinski definition) is 1. The summed E-state index contributed by atoms with van der Waals surface area (Å²) >= 11 is 0. The van der Waals surface area contributed by atoms with Crippen molar-refractivity contribution in [1.82, 2.24) is 5.32 Å². The van der Waals surface area contributed by atoms with Crippen LogP contribution >= 0.6 is 0 Å². The molecule has 0 bridgehead atoms. The van der Waals surface area contributed by atoms with Gasteiger partial charge in [0.2, 0.25) is 5.91 Å². The van der Waals surface area contributed by atoms with E-state index < -0.39 is 0 Å². The third-order valence-electron chi connectivity index (χ3n) is 3.25. The predicted molar refractivity (Wildman–Crippen MR) is 82.3 cm³/mol. The molecule has 20 heavy (non-hydrogen) atoms. The van der Waals surface area contributed by atoms with Crippen LogP contribution in [0.2, 0.25) is 0 Å². The van der Waals surface area contributed by atoms with Crippen LogP contribution in [-0.4, -0.2) is 5.91 Å². The molecule has 102 valence electrons. The van der Waals surface area contributed by atoms with E-state index in [9.17, 15) is 4.79 Å². The molecule has 0 aromatic heterocycles. The standard InChI is InChI=1S/C18H19NO/c1-2-16(17-11-7-4-8-12-17)13-18(20)19-14-15-9-5-3-6-10-15/h2-12,16H,1,13-14H2,(H,19,20). The summed E-state index contributed by atoms with van der Waals surface area (Å²) in [6.07, 6.45) is 2.26. The Morgan fingerprint density at radius 1 is 1.05 bits per heavy atom. The molecule has 1 amide bonds. The number of amides is 1. The van der Waals surface area contributed by atoms with E-state index in [-0.39, 0.29) is 11.8 Å². The Labute approximate surface area is 120 Å². The molecule has 2 aromatic rings. The van der Waals surface area contributed by atoms with Gasteiger partial charge in [-0.25, -0.2) is 0 Å². The maximum Gasteiger partial charge on any atom is 0.221 e. The van der Waals surface area contributed by atoms with E-state index in [0.29, 0.717) is 13.0 Å². The molecule has 0 radical (unpaired) electrons. The van der Waals surface area contributed by atoms with Crippen LogP contribution < -0.4 is 5.32 Å². The Hall–Kier alpha value is -2.35. The normalized spacial score (nSPS) is 11.6. The second-order valence-corrected chi connectivity index (χ2v) is 4.72. The fourth-order valence-electron chi connectivity index (χ4n) is 2.11.